The molecule has 0 radical (unpaired) electrons. The average molecular weight is 450 g/mol. The number of fused-ring (bicyclic) bond motifs is 1. The van der Waals surface area contributed by atoms with E-state index in [0.29, 0.717) is 11.8 Å². The number of hydrogen-bond acceptors (Lipinski definition) is 8. The van der Waals surface area contributed by atoms with Gasteiger partial charge in [-0.2, -0.15) is 5.26 Å². The number of benzene rings is 1. The van der Waals surface area contributed by atoms with E-state index in [1.165, 1.54) is 25.0 Å². The second-order valence-corrected chi connectivity index (χ2v) is 9.63. The first-order valence-corrected chi connectivity index (χ1v) is 12.0. The number of aryl methyl sites for hydroxylation is 1. The number of oxazole rings is 1. The van der Waals surface area contributed by atoms with Crippen LogP contribution in [0.3, 0.4) is 0 Å². The molecule has 32 heavy (non-hydrogen) atoms. The number of hydrogen-bond donors (Lipinski definition) is 0. The molecule has 2 fully saturated rings. The van der Waals surface area contributed by atoms with Crippen LogP contribution in [0, 0.1) is 24.2 Å². The lowest BCUT2D eigenvalue weighted by Gasteiger charge is -2.27. The maximum atomic E-state index is 9.22. The minimum Gasteiger partial charge on any atom is -0.440 e. The van der Waals surface area contributed by atoms with Gasteiger partial charge < -0.3 is 18.8 Å². The van der Waals surface area contributed by atoms with Crippen LogP contribution in [0.2, 0.25) is 0 Å². The largest absolute Gasteiger partial charge is 0.440 e. The summed E-state index contributed by atoms with van der Waals surface area (Å²) in [6, 6.07) is 10.9. The van der Waals surface area contributed by atoms with Crippen molar-refractivity contribution >= 4 is 17.4 Å². The third-order valence-electron chi connectivity index (χ3n) is 6.56. The molecule has 4 heterocycles. The Morgan fingerprint density at radius 2 is 2.19 bits per heavy atom. The molecule has 2 aliphatic rings. The molecule has 2 aliphatic heterocycles. The van der Waals surface area contributed by atoms with Gasteiger partial charge in [-0.15, -0.1) is 10.2 Å². The van der Waals surface area contributed by atoms with Crippen LogP contribution < -0.4 is 4.90 Å². The summed E-state index contributed by atoms with van der Waals surface area (Å²) in [7, 11) is 1.97. The fourth-order valence-corrected chi connectivity index (χ4v) is 5.75. The molecule has 0 saturated carbocycles. The van der Waals surface area contributed by atoms with E-state index < -0.39 is 0 Å². The molecule has 3 aromatic rings. The normalized spacial score (nSPS) is 20.6. The molecule has 0 bridgehead atoms. The molecule has 8 nitrogen and oxygen atoms in total. The Bertz CT molecular complexity index is 1130. The van der Waals surface area contributed by atoms with Crippen LogP contribution in [-0.4, -0.2) is 62.6 Å². The van der Waals surface area contributed by atoms with Crippen molar-refractivity contribution in [3.8, 4) is 17.7 Å². The summed E-state index contributed by atoms with van der Waals surface area (Å²) in [4.78, 5) is 9.24. The fraction of sp³-hybridized carbons (Fsp3) is 0.478. The highest BCUT2D eigenvalue weighted by atomic mass is 32.2. The van der Waals surface area contributed by atoms with Crippen molar-refractivity contribution in [1.82, 2.24) is 24.6 Å². The Labute approximate surface area is 192 Å². The van der Waals surface area contributed by atoms with E-state index in [2.05, 4.69) is 37.1 Å². The van der Waals surface area contributed by atoms with Gasteiger partial charge in [-0.25, -0.2) is 4.98 Å². The second-order valence-electron chi connectivity index (χ2n) is 8.57. The van der Waals surface area contributed by atoms with Gasteiger partial charge in [0, 0.05) is 44.2 Å². The van der Waals surface area contributed by atoms with Crippen molar-refractivity contribution in [2.75, 3.05) is 36.8 Å². The molecule has 0 spiro atoms. The minimum absolute atomic E-state index is 0.558. The molecule has 2 aromatic heterocycles. The third-order valence-corrected chi connectivity index (χ3v) is 7.67. The van der Waals surface area contributed by atoms with E-state index in [0.717, 1.165) is 60.0 Å². The first-order valence-electron chi connectivity index (χ1n) is 11.1. The lowest BCUT2D eigenvalue weighted by atomic mass is 10.0. The maximum Gasteiger partial charge on any atom is 0.202 e. The molecule has 5 rings (SSSR count). The first-order chi connectivity index (χ1) is 15.6. The van der Waals surface area contributed by atoms with E-state index in [4.69, 9.17) is 4.42 Å². The molecule has 0 aliphatic carbocycles. The molecule has 0 unspecified atom stereocenters. The number of nitrogens with zero attached hydrogens (tertiary/aromatic N) is 7. The molecule has 2 atom stereocenters. The van der Waals surface area contributed by atoms with Crippen LogP contribution in [0.25, 0.3) is 11.6 Å². The van der Waals surface area contributed by atoms with Crippen molar-refractivity contribution < 1.29 is 4.42 Å². The van der Waals surface area contributed by atoms with E-state index in [1.807, 2.05) is 36.7 Å². The van der Waals surface area contributed by atoms with Crippen LogP contribution in [0.15, 0.2) is 40.2 Å². The van der Waals surface area contributed by atoms with Gasteiger partial charge in [-0.1, -0.05) is 17.8 Å². The molecule has 0 N–H and O–H groups in total. The van der Waals surface area contributed by atoms with Gasteiger partial charge in [0.15, 0.2) is 17.3 Å². The molecular weight excluding hydrogens is 422 g/mol. The Morgan fingerprint density at radius 1 is 1.28 bits per heavy atom. The second kappa shape index (κ2) is 8.96. The molecule has 0 amide bonds. The van der Waals surface area contributed by atoms with Gasteiger partial charge in [0.05, 0.1) is 17.3 Å². The summed E-state index contributed by atoms with van der Waals surface area (Å²) in [5, 5.41) is 18.7. The number of nitriles is 1. The first kappa shape index (κ1) is 21.0. The van der Waals surface area contributed by atoms with Crippen LogP contribution in [0.4, 0.5) is 5.69 Å². The Balaban J connectivity index is 1.12. The van der Waals surface area contributed by atoms with Crippen LogP contribution in [0.1, 0.15) is 24.1 Å². The quantitative estimate of drug-likeness (QED) is 0.401. The number of aromatic nitrogens is 4. The fourth-order valence-electron chi connectivity index (χ4n) is 4.91. The monoisotopic (exact) mass is 449 g/mol. The lowest BCUT2D eigenvalue weighted by Crippen LogP contribution is -2.35. The zero-order valence-electron chi connectivity index (χ0n) is 18.4. The summed E-state index contributed by atoms with van der Waals surface area (Å²) in [5.41, 5.74) is 2.75. The summed E-state index contributed by atoms with van der Waals surface area (Å²) < 4.78 is 7.43. The molecule has 166 valence electrons. The van der Waals surface area contributed by atoms with E-state index in [-0.39, 0.29) is 0 Å². The highest BCUT2D eigenvalue weighted by Gasteiger charge is 2.41. The minimum atomic E-state index is 0.558. The van der Waals surface area contributed by atoms with Crippen molar-refractivity contribution in [3.63, 3.8) is 0 Å². The highest BCUT2D eigenvalue weighted by Crippen LogP contribution is 2.35. The molecule has 9 heteroatoms. The standard InChI is InChI=1S/C23H27N7OS/c1-16-21(31-15-25-16)22-26-27-23(28(22)2)32-10-4-8-29-13-18-7-9-30(20(18)14-29)19-6-3-5-17(11-19)12-24/h3,5-6,11,15,18,20H,4,7-10,13-14H2,1-2H3/t18-,20+/m0/s1. The summed E-state index contributed by atoms with van der Waals surface area (Å²) in [6.07, 6.45) is 3.78. The summed E-state index contributed by atoms with van der Waals surface area (Å²) in [6.45, 7) is 6.37. The van der Waals surface area contributed by atoms with Gasteiger partial charge in [0.25, 0.3) is 0 Å². The zero-order chi connectivity index (χ0) is 22.1. The SMILES string of the molecule is Cc1ncoc1-c1nnc(SCCCN2C[C@@H]3CCN(c4cccc(C#N)c4)[C@@H]3C2)n1C. The summed E-state index contributed by atoms with van der Waals surface area (Å²) >= 11 is 1.74. The number of thioether (sulfide) groups is 1. The van der Waals surface area contributed by atoms with Gasteiger partial charge >= 0.3 is 0 Å². The van der Waals surface area contributed by atoms with E-state index >= 15 is 0 Å². The number of anilines is 1. The average Bonchev–Trinajstić information content (AvgIpc) is 3.56. The number of rotatable bonds is 7. The molecular formula is C23H27N7OS. The third kappa shape index (κ3) is 4.00. The Morgan fingerprint density at radius 3 is 3.00 bits per heavy atom. The van der Waals surface area contributed by atoms with Crippen LogP contribution in [-0.2, 0) is 7.05 Å². The molecule has 2 saturated heterocycles. The maximum absolute atomic E-state index is 9.22. The van der Waals surface area contributed by atoms with Gasteiger partial charge in [-0.05, 0) is 50.4 Å². The smallest absolute Gasteiger partial charge is 0.202 e. The number of likely N-dealkylation sites (tertiary alicyclic amines) is 1. The van der Waals surface area contributed by atoms with Crippen LogP contribution >= 0.6 is 11.8 Å². The van der Waals surface area contributed by atoms with Crippen molar-refractivity contribution in [2.24, 2.45) is 13.0 Å². The van der Waals surface area contributed by atoms with E-state index in [1.54, 1.807) is 11.8 Å². The summed E-state index contributed by atoms with van der Waals surface area (Å²) in [5.74, 6) is 3.12. The van der Waals surface area contributed by atoms with Gasteiger partial charge in [-0.3, -0.25) is 0 Å². The molecule has 1 aromatic carbocycles. The Kier molecular flexibility index (Phi) is 5.89. The van der Waals surface area contributed by atoms with E-state index in [9.17, 15) is 5.26 Å². The predicted octanol–water partition coefficient (Wildman–Crippen LogP) is 3.34. The van der Waals surface area contributed by atoms with Crippen molar-refractivity contribution in [2.45, 2.75) is 31.0 Å². The van der Waals surface area contributed by atoms with Crippen molar-refractivity contribution in [1.29, 1.82) is 5.26 Å². The van der Waals surface area contributed by atoms with Gasteiger partial charge in [0.1, 0.15) is 0 Å². The topological polar surface area (TPSA) is 87.0 Å². The predicted molar refractivity (Wildman–Crippen MR) is 123 cm³/mol. The highest BCUT2D eigenvalue weighted by molar-refractivity contribution is 7.99. The van der Waals surface area contributed by atoms with Crippen molar-refractivity contribution in [3.05, 3.63) is 41.9 Å². The lowest BCUT2D eigenvalue weighted by molar-refractivity contribution is 0.319. The Hall–Kier alpha value is -2.83. The van der Waals surface area contributed by atoms with Gasteiger partial charge in [0.2, 0.25) is 5.82 Å². The zero-order valence-corrected chi connectivity index (χ0v) is 19.3. The van der Waals surface area contributed by atoms with Crippen LogP contribution in [0.5, 0.6) is 0 Å².